The molecule has 1 N–H and O–H groups in total. The van der Waals surface area contributed by atoms with Crippen molar-refractivity contribution in [2.75, 3.05) is 13.1 Å². The highest BCUT2D eigenvalue weighted by atomic mass is 16.2. The molecule has 0 aromatic rings. The number of carbonyl (C=O) groups is 2. The largest absolute Gasteiger partial charge is 0.356 e. The maximum absolute atomic E-state index is 12.3. The van der Waals surface area contributed by atoms with Gasteiger partial charge in [0.15, 0.2) is 0 Å². The molecule has 0 aromatic carbocycles. The molecule has 2 atom stereocenters. The fourth-order valence-corrected chi connectivity index (χ4v) is 3.40. The number of fused-ring (bicyclic) bond motifs is 1. The zero-order valence-electron chi connectivity index (χ0n) is 12.0. The van der Waals surface area contributed by atoms with Gasteiger partial charge in [-0.3, -0.25) is 9.59 Å². The van der Waals surface area contributed by atoms with Gasteiger partial charge >= 0.3 is 0 Å². The van der Waals surface area contributed by atoms with E-state index < -0.39 is 0 Å². The van der Waals surface area contributed by atoms with Gasteiger partial charge in [-0.15, -0.1) is 0 Å². The molecule has 1 aliphatic heterocycles. The fraction of sp³-hybridized carbons (Fsp3) is 0.867. The molecule has 2 amide bonds. The molecule has 0 bridgehead atoms. The minimum atomic E-state index is 0.0161. The summed E-state index contributed by atoms with van der Waals surface area (Å²) in [4.78, 5) is 26.5. The van der Waals surface area contributed by atoms with E-state index in [9.17, 15) is 9.59 Å². The monoisotopic (exact) mass is 266 g/mol. The minimum Gasteiger partial charge on any atom is -0.356 e. The molecule has 1 aliphatic carbocycles. The summed E-state index contributed by atoms with van der Waals surface area (Å²) in [5, 5.41) is 3.05. The molecule has 1 saturated carbocycles. The number of rotatable bonds is 1. The summed E-state index contributed by atoms with van der Waals surface area (Å²) >= 11 is 0. The quantitative estimate of drug-likeness (QED) is 0.790. The fourth-order valence-electron chi connectivity index (χ4n) is 3.40. The van der Waals surface area contributed by atoms with E-state index in [-0.39, 0.29) is 23.8 Å². The predicted molar refractivity (Wildman–Crippen MR) is 74.6 cm³/mol. The van der Waals surface area contributed by atoms with Crippen LogP contribution >= 0.6 is 0 Å². The molecule has 0 unspecified atom stereocenters. The summed E-state index contributed by atoms with van der Waals surface area (Å²) in [6, 6.07) is 0.138. The van der Waals surface area contributed by atoms with E-state index in [1.807, 2.05) is 11.8 Å². The van der Waals surface area contributed by atoms with Crippen molar-refractivity contribution in [1.29, 1.82) is 0 Å². The van der Waals surface area contributed by atoms with E-state index in [1.165, 1.54) is 0 Å². The molecule has 0 spiro atoms. The van der Waals surface area contributed by atoms with Crippen LogP contribution in [0.5, 0.6) is 0 Å². The van der Waals surface area contributed by atoms with Gasteiger partial charge in [-0.2, -0.15) is 0 Å². The lowest BCUT2D eigenvalue weighted by atomic mass is 9.82. The van der Waals surface area contributed by atoms with Gasteiger partial charge in [0.1, 0.15) is 0 Å². The van der Waals surface area contributed by atoms with E-state index in [2.05, 4.69) is 5.32 Å². The maximum atomic E-state index is 12.3. The molecule has 2 fully saturated rings. The number of hydrogen-bond donors (Lipinski definition) is 1. The SMILES string of the molecule is CCC(=O)N1CCCCCNC(=O)[C@@H]2CCCC[C@@H]21. The third-order valence-corrected chi connectivity index (χ3v) is 4.46. The minimum absolute atomic E-state index is 0.0161. The van der Waals surface area contributed by atoms with Crippen LogP contribution in [-0.2, 0) is 9.59 Å². The third kappa shape index (κ3) is 3.48. The van der Waals surface area contributed by atoms with Crippen LogP contribution in [0.25, 0.3) is 0 Å². The van der Waals surface area contributed by atoms with Crippen LogP contribution in [0.3, 0.4) is 0 Å². The summed E-state index contributed by atoms with van der Waals surface area (Å²) in [7, 11) is 0. The van der Waals surface area contributed by atoms with Gasteiger partial charge in [0.25, 0.3) is 0 Å². The second kappa shape index (κ2) is 6.92. The van der Waals surface area contributed by atoms with Crippen LogP contribution < -0.4 is 5.32 Å². The van der Waals surface area contributed by atoms with Crippen molar-refractivity contribution < 1.29 is 9.59 Å². The van der Waals surface area contributed by atoms with E-state index in [0.29, 0.717) is 6.42 Å². The molecule has 4 heteroatoms. The topological polar surface area (TPSA) is 49.4 Å². The summed E-state index contributed by atoms with van der Waals surface area (Å²) in [5.74, 6) is 0.396. The van der Waals surface area contributed by atoms with E-state index in [1.54, 1.807) is 0 Å². The zero-order valence-corrected chi connectivity index (χ0v) is 12.0. The average molecular weight is 266 g/mol. The molecular weight excluding hydrogens is 240 g/mol. The Kier molecular flexibility index (Phi) is 5.23. The lowest BCUT2D eigenvalue weighted by molar-refractivity contribution is -0.139. The first-order chi connectivity index (χ1) is 9.24. The lowest BCUT2D eigenvalue weighted by Gasteiger charge is -2.40. The summed E-state index contributed by atoms with van der Waals surface area (Å²) < 4.78 is 0. The van der Waals surface area contributed by atoms with Crippen molar-refractivity contribution in [3.05, 3.63) is 0 Å². The smallest absolute Gasteiger partial charge is 0.225 e. The number of amides is 2. The van der Waals surface area contributed by atoms with E-state index >= 15 is 0 Å². The molecule has 4 nitrogen and oxygen atoms in total. The molecular formula is C15H26N2O2. The van der Waals surface area contributed by atoms with Gasteiger partial charge in [-0.1, -0.05) is 19.8 Å². The lowest BCUT2D eigenvalue weighted by Crippen LogP contribution is -2.51. The Morgan fingerprint density at radius 2 is 2.00 bits per heavy atom. The first-order valence-electron chi connectivity index (χ1n) is 7.81. The van der Waals surface area contributed by atoms with Gasteiger partial charge in [0.2, 0.25) is 11.8 Å². The summed E-state index contributed by atoms with van der Waals surface area (Å²) in [6.07, 6.45) is 7.90. The van der Waals surface area contributed by atoms with Gasteiger partial charge < -0.3 is 10.2 Å². The Morgan fingerprint density at radius 1 is 1.21 bits per heavy atom. The van der Waals surface area contributed by atoms with Gasteiger partial charge in [-0.25, -0.2) is 0 Å². The second-order valence-electron chi connectivity index (χ2n) is 5.75. The number of hydrogen-bond acceptors (Lipinski definition) is 2. The number of nitrogens with zero attached hydrogens (tertiary/aromatic N) is 1. The van der Waals surface area contributed by atoms with Crippen molar-refractivity contribution in [1.82, 2.24) is 10.2 Å². The van der Waals surface area contributed by atoms with Gasteiger partial charge in [0.05, 0.1) is 5.92 Å². The molecule has 0 aromatic heterocycles. The third-order valence-electron chi connectivity index (χ3n) is 4.46. The first kappa shape index (κ1) is 14.4. The predicted octanol–water partition coefficient (Wildman–Crippen LogP) is 2.08. The van der Waals surface area contributed by atoms with Gasteiger partial charge in [-0.05, 0) is 32.1 Å². The second-order valence-corrected chi connectivity index (χ2v) is 5.75. The highest BCUT2D eigenvalue weighted by molar-refractivity contribution is 5.81. The molecule has 0 radical (unpaired) electrons. The van der Waals surface area contributed by atoms with Crippen molar-refractivity contribution in [2.24, 2.45) is 5.92 Å². The molecule has 19 heavy (non-hydrogen) atoms. The normalized spacial score (nSPS) is 29.3. The Balaban J connectivity index is 2.17. The Hall–Kier alpha value is -1.06. The Labute approximate surface area is 115 Å². The van der Waals surface area contributed by atoms with Crippen LogP contribution in [0.1, 0.15) is 58.3 Å². The van der Waals surface area contributed by atoms with Crippen LogP contribution in [0, 0.1) is 5.92 Å². The van der Waals surface area contributed by atoms with Crippen molar-refractivity contribution in [3.8, 4) is 0 Å². The zero-order chi connectivity index (χ0) is 13.7. The highest BCUT2D eigenvalue weighted by Gasteiger charge is 2.36. The number of carbonyl (C=O) groups excluding carboxylic acids is 2. The summed E-state index contributed by atoms with van der Waals surface area (Å²) in [5.41, 5.74) is 0. The van der Waals surface area contributed by atoms with Crippen LogP contribution in [0.4, 0.5) is 0 Å². The van der Waals surface area contributed by atoms with Crippen molar-refractivity contribution in [3.63, 3.8) is 0 Å². The Bertz CT molecular complexity index is 330. The molecule has 1 saturated heterocycles. The highest BCUT2D eigenvalue weighted by Crippen LogP contribution is 2.30. The maximum Gasteiger partial charge on any atom is 0.225 e. The number of nitrogens with one attached hydrogen (secondary N) is 1. The molecule has 2 aliphatic rings. The van der Waals surface area contributed by atoms with E-state index in [0.717, 1.165) is 58.0 Å². The Morgan fingerprint density at radius 3 is 2.79 bits per heavy atom. The first-order valence-corrected chi connectivity index (χ1v) is 7.81. The van der Waals surface area contributed by atoms with E-state index in [4.69, 9.17) is 0 Å². The van der Waals surface area contributed by atoms with Crippen LogP contribution in [0.15, 0.2) is 0 Å². The molecule has 1 heterocycles. The summed E-state index contributed by atoms with van der Waals surface area (Å²) in [6.45, 7) is 3.55. The van der Waals surface area contributed by atoms with Crippen LogP contribution in [0.2, 0.25) is 0 Å². The van der Waals surface area contributed by atoms with Gasteiger partial charge in [0, 0.05) is 25.6 Å². The van der Waals surface area contributed by atoms with Crippen molar-refractivity contribution >= 4 is 11.8 Å². The molecule has 108 valence electrons. The van der Waals surface area contributed by atoms with Crippen LogP contribution in [-0.4, -0.2) is 35.8 Å². The average Bonchev–Trinajstić information content (AvgIpc) is 2.45. The van der Waals surface area contributed by atoms with Crippen molar-refractivity contribution in [2.45, 2.75) is 64.3 Å². The standard InChI is InChI=1S/C15H26N2O2/c1-2-14(18)17-11-7-3-6-10-16-15(19)12-8-4-5-9-13(12)17/h12-13H,2-11H2,1H3,(H,16,19)/t12-,13+/m1/s1. The molecule has 2 rings (SSSR count).